The van der Waals surface area contributed by atoms with Crippen molar-refractivity contribution in [1.82, 2.24) is 16.2 Å². The van der Waals surface area contributed by atoms with Crippen LogP contribution in [0, 0.1) is 0 Å². The molecule has 0 fully saturated rings. The van der Waals surface area contributed by atoms with E-state index in [1.165, 1.54) is 5.56 Å². The predicted octanol–water partition coefficient (Wildman–Crippen LogP) is 3.31. The van der Waals surface area contributed by atoms with E-state index >= 15 is 0 Å². The molecule has 1 atom stereocenters. The molecule has 2 aromatic carbocycles. The average Bonchev–Trinajstić information content (AvgIpc) is 2.76. The molecule has 7 nitrogen and oxygen atoms in total. The van der Waals surface area contributed by atoms with Gasteiger partial charge in [0, 0.05) is 5.56 Å². The monoisotopic (exact) mass is 429 g/mol. The van der Waals surface area contributed by atoms with Crippen LogP contribution in [-0.2, 0) is 4.79 Å². The number of nitrogens with one attached hydrogen (secondary N) is 3. The van der Waals surface area contributed by atoms with Crippen molar-refractivity contribution in [3.63, 3.8) is 0 Å². The molecule has 0 bridgehead atoms. The van der Waals surface area contributed by atoms with Crippen LogP contribution < -0.4 is 25.6 Å². The van der Waals surface area contributed by atoms with E-state index in [9.17, 15) is 9.59 Å². The van der Waals surface area contributed by atoms with Gasteiger partial charge in [-0.15, -0.1) is 0 Å². The van der Waals surface area contributed by atoms with Crippen LogP contribution in [0.5, 0.6) is 11.5 Å². The summed E-state index contributed by atoms with van der Waals surface area (Å²) in [6.07, 6.45) is 1.06. The molecule has 0 saturated carbocycles. The SMILES string of the molecule is CCOc1ccc(C(=O)NC(=S)NNC(=O)COc2ccc([C@@H](C)CC)cc2)cc1. The van der Waals surface area contributed by atoms with Crippen molar-refractivity contribution in [3.8, 4) is 11.5 Å². The third kappa shape index (κ3) is 7.36. The van der Waals surface area contributed by atoms with Gasteiger partial charge in [0.2, 0.25) is 0 Å². The molecule has 160 valence electrons. The fraction of sp³-hybridized carbons (Fsp3) is 0.318. The number of benzene rings is 2. The number of amides is 2. The molecule has 8 heteroatoms. The van der Waals surface area contributed by atoms with Crippen LogP contribution in [0.1, 0.15) is 49.0 Å². The van der Waals surface area contributed by atoms with Crippen LogP contribution in [0.2, 0.25) is 0 Å². The third-order valence-corrected chi connectivity index (χ3v) is 4.61. The molecule has 0 aliphatic carbocycles. The Morgan fingerprint density at radius 1 is 0.933 bits per heavy atom. The summed E-state index contributed by atoms with van der Waals surface area (Å²) in [6.45, 7) is 6.54. The van der Waals surface area contributed by atoms with Gasteiger partial charge in [0.15, 0.2) is 11.7 Å². The van der Waals surface area contributed by atoms with Crippen LogP contribution in [0.3, 0.4) is 0 Å². The molecule has 0 saturated heterocycles. The summed E-state index contributed by atoms with van der Waals surface area (Å²) in [7, 11) is 0. The summed E-state index contributed by atoms with van der Waals surface area (Å²) in [6, 6.07) is 14.3. The molecule has 3 N–H and O–H groups in total. The maximum Gasteiger partial charge on any atom is 0.276 e. The van der Waals surface area contributed by atoms with Gasteiger partial charge in [0.1, 0.15) is 11.5 Å². The van der Waals surface area contributed by atoms with Crippen LogP contribution in [0.15, 0.2) is 48.5 Å². The Labute approximate surface area is 182 Å². The Kier molecular flexibility index (Phi) is 9.08. The Hall–Kier alpha value is -3.13. The predicted molar refractivity (Wildman–Crippen MR) is 120 cm³/mol. The molecule has 0 aliphatic heterocycles. The number of ether oxygens (including phenoxy) is 2. The molecule has 0 aromatic heterocycles. The number of thiocarbonyl (C=S) groups is 1. The minimum Gasteiger partial charge on any atom is -0.494 e. The minimum atomic E-state index is -0.432. The van der Waals surface area contributed by atoms with Crippen LogP contribution in [0.25, 0.3) is 0 Å². The fourth-order valence-electron chi connectivity index (χ4n) is 2.52. The van der Waals surface area contributed by atoms with Crippen molar-refractivity contribution >= 4 is 29.1 Å². The number of rotatable bonds is 8. The lowest BCUT2D eigenvalue weighted by atomic mass is 9.99. The van der Waals surface area contributed by atoms with E-state index in [1.807, 2.05) is 31.2 Å². The van der Waals surface area contributed by atoms with Gasteiger partial charge < -0.3 is 9.47 Å². The Bertz CT molecular complexity index is 854. The van der Waals surface area contributed by atoms with Crippen molar-refractivity contribution in [2.75, 3.05) is 13.2 Å². The van der Waals surface area contributed by atoms with Gasteiger partial charge in [-0.3, -0.25) is 25.8 Å². The largest absolute Gasteiger partial charge is 0.494 e. The number of carbonyl (C=O) groups is 2. The first-order valence-corrected chi connectivity index (χ1v) is 10.2. The molecule has 0 aliphatic rings. The first-order valence-electron chi connectivity index (χ1n) is 9.78. The van der Waals surface area contributed by atoms with E-state index in [2.05, 4.69) is 30.0 Å². The summed E-state index contributed by atoms with van der Waals surface area (Å²) >= 11 is 5.02. The van der Waals surface area contributed by atoms with E-state index < -0.39 is 11.8 Å². The number of hydrogen-bond donors (Lipinski definition) is 3. The normalized spacial score (nSPS) is 11.2. The van der Waals surface area contributed by atoms with Gasteiger partial charge in [-0.1, -0.05) is 26.0 Å². The van der Waals surface area contributed by atoms with E-state index in [4.69, 9.17) is 21.7 Å². The molecular formula is C22H27N3O4S. The lowest BCUT2D eigenvalue weighted by molar-refractivity contribution is -0.123. The second-order valence-corrected chi connectivity index (χ2v) is 6.99. The molecule has 2 amide bonds. The lowest BCUT2D eigenvalue weighted by Crippen LogP contribution is -2.49. The maximum atomic E-state index is 12.2. The zero-order valence-electron chi connectivity index (χ0n) is 17.4. The summed E-state index contributed by atoms with van der Waals surface area (Å²) in [5.74, 6) is 0.923. The van der Waals surface area contributed by atoms with E-state index in [0.29, 0.717) is 29.6 Å². The highest BCUT2D eigenvalue weighted by molar-refractivity contribution is 7.80. The molecular weight excluding hydrogens is 402 g/mol. The topological polar surface area (TPSA) is 88.7 Å². The smallest absolute Gasteiger partial charge is 0.276 e. The Balaban J connectivity index is 1.72. The standard InChI is InChI=1S/C22H27N3O4S/c1-4-15(3)16-6-10-19(11-7-16)29-14-20(26)24-25-22(30)23-21(27)17-8-12-18(13-9-17)28-5-2/h6-13,15H,4-5,14H2,1-3H3,(H,24,26)(H2,23,25,27,30)/t15-/m0/s1. The molecule has 0 heterocycles. The Morgan fingerprint density at radius 2 is 1.53 bits per heavy atom. The summed E-state index contributed by atoms with van der Waals surface area (Å²) in [5.41, 5.74) is 6.50. The van der Waals surface area contributed by atoms with Gasteiger partial charge in [0.05, 0.1) is 6.61 Å². The van der Waals surface area contributed by atoms with Gasteiger partial charge >= 0.3 is 0 Å². The quantitative estimate of drug-likeness (QED) is 0.441. The van der Waals surface area contributed by atoms with Crippen molar-refractivity contribution in [3.05, 3.63) is 59.7 Å². The van der Waals surface area contributed by atoms with Crippen molar-refractivity contribution in [2.45, 2.75) is 33.1 Å². The van der Waals surface area contributed by atoms with Crippen LogP contribution >= 0.6 is 12.2 Å². The van der Waals surface area contributed by atoms with Gasteiger partial charge in [-0.05, 0) is 73.4 Å². The molecule has 2 rings (SSSR count). The van der Waals surface area contributed by atoms with Crippen molar-refractivity contribution in [1.29, 1.82) is 0 Å². The van der Waals surface area contributed by atoms with E-state index in [0.717, 1.165) is 6.42 Å². The van der Waals surface area contributed by atoms with Crippen LogP contribution in [-0.4, -0.2) is 30.1 Å². The minimum absolute atomic E-state index is 0.0276. The summed E-state index contributed by atoms with van der Waals surface area (Å²) in [4.78, 5) is 24.1. The summed E-state index contributed by atoms with van der Waals surface area (Å²) < 4.78 is 10.8. The molecule has 0 unspecified atom stereocenters. The van der Waals surface area contributed by atoms with E-state index in [-0.39, 0.29) is 11.7 Å². The van der Waals surface area contributed by atoms with Crippen molar-refractivity contribution < 1.29 is 19.1 Å². The molecule has 30 heavy (non-hydrogen) atoms. The highest BCUT2D eigenvalue weighted by Crippen LogP contribution is 2.21. The van der Waals surface area contributed by atoms with Crippen molar-refractivity contribution in [2.24, 2.45) is 0 Å². The summed E-state index contributed by atoms with van der Waals surface area (Å²) in [5, 5.41) is 2.46. The first kappa shape index (κ1) is 23.2. The molecule has 0 radical (unpaired) electrons. The molecule has 2 aromatic rings. The Morgan fingerprint density at radius 3 is 2.13 bits per heavy atom. The maximum absolute atomic E-state index is 12.2. The van der Waals surface area contributed by atoms with Gasteiger partial charge in [-0.25, -0.2) is 0 Å². The number of hydrogen-bond acceptors (Lipinski definition) is 5. The number of hydrazine groups is 1. The third-order valence-electron chi connectivity index (χ3n) is 4.40. The molecule has 0 spiro atoms. The highest BCUT2D eigenvalue weighted by atomic mass is 32.1. The fourth-order valence-corrected chi connectivity index (χ4v) is 2.66. The zero-order chi connectivity index (χ0) is 21.9. The van der Waals surface area contributed by atoms with Gasteiger partial charge in [0.25, 0.3) is 11.8 Å². The van der Waals surface area contributed by atoms with Crippen LogP contribution in [0.4, 0.5) is 0 Å². The lowest BCUT2D eigenvalue weighted by Gasteiger charge is -2.12. The first-order chi connectivity index (χ1) is 14.4. The second kappa shape index (κ2) is 11.8. The van der Waals surface area contributed by atoms with E-state index in [1.54, 1.807) is 24.3 Å². The average molecular weight is 430 g/mol. The van der Waals surface area contributed by atoms with Gasteiger partial charge in [-0.2, -0.15) is 0 Å². The zero-order valence-corrected chi connectivity index (χ0v) is 18.2. The second-order valence-electron chi connectivity index (χ2n) is 6.58. The number of carbonyl (C=O) groups excluding carboxylic acids is 2. The highest BCUT2D eigenvalue weighted by Gasteiger charge is 2.09.